The predicted molar refractivity (Wildman–Crippen MR) is 141 cm³/mol. The van der Waals surface area contributed by atoms with Gasteiger partial charge in [0.1, 0.15) is 0 Å². The standard InChI is InChI=1S/C29H58O4/c1-2-3-4-5-6-7-10-13-16-19-22-27(30)25-26-28(31)23-20-17-14-11-8-9-12-15-18-21-24-29(32)33/h27-28,30-31H,2-26H2,1H3,(H,32,33). The van der Waals surface area contributed by atoms with E-state index in [2.05, 4.69) is 6.92 Å². The molecule has 0 spiro atoms. The molecule has 3 N–H and O–H groups in total. The number of hydrogen-bond donors (Lipinski definition) is 3. The minimum absolute atomic E-state index is 0.238. The van der Waals surface area contributed by atoms with Crippen LogP contribution in [0.4, 0.5) is 0 Å². The maximum atomic E-state index is 10.4. The average molecular weight is 471 g/mol. The van der Waals surface area contributed by atoms with Crippen LogP contribution in [0.1, 0.15) is 167 Å². The van der Waals surface area contributed by atoms with Crippen molar-refractivity contribution < 1.29 is 20.1 Å². The number of carbonyl (C=O) groups is 1. The molecule has 0 saturated heterocycles. The van der Waals surface area contributed by atoms with Gasteiger partial charge in [-0.1, -0.05) is 129 Å². The highest BCUT2D eigenvalue weighted by Gasteiger charge is 2.09. The highest BCUT2D eigenvalue weighted by molar-refractivity contribution is 5.66. The van der Waals surface area contributed by atoms with Gasteiger partial charge in [0.15, 0.2) is 0 Å². The first-order chi connectivity index (χ1) is 16.1. The number of rotatable bonds is 27. The van der Waals surface area contributed by atoms with Crippen LogP contribution in [0.5, 0.6) is 0 Å². The zero-order chi connectivity index (χ0) is 24.4. The minimum Gasteiger partial charge on any atom is -0.481 e. The van der Waals surface area contributed by atoms with Crippen LogP contribution in [0.15, 0.2) is 0 Å². The Morgan fingerprint density at radius 1 is 0.485 bits per heavy atom. The van der Waals surface area contributed by atoms with Crippen LogP contribution in [0.2, 0.25) is 0 Å². The molecule has 0 bridgehead atoms. The zero-order valence-electron chi connectivity index (χ0n) is 22.1. The number of carboxylic acid groups (broad SMARTS) is 1. The molecule has 0 aromatic heterocycles. The Labute approximate surface area is 206 Å². The number of aliphatic carboxylic acids is 1. The van der Waals surface area contributed by atoms with Crippen LogP contribution in [-0.2, 0) is 4.79 Å². The third-order valence-corrected chi connectivity index (χ3v) is 6.90. The summed E-state index contributed by atoms with van der Waals surface area (Å²) in [5.41, 5.74) is 0. The Bertz CT molecular complexity index is 399. The molecule has 2 unspecified atom stereocenters. The lowest BCUT2D eigenvalue weighted by Crippen LogP contribution is -2.13. The number of carboxylic acids is 1. The summed E-state index contributed by atoms with van der Waals surface area (Å²) >= 11 is 0. The molecule has 4 heteroatoms. The molecule has 0 amide bonds. The highest BCUT2D eigenvalue weighted by atomic mass is 16.4. The van der Waals surface area contributed by atoms with Crippen molar-refractivity contribution in [3.8, 4) is 0 Å². The van der Waals surface area contributed by atoms with Gasteiger partial charge >= 0.3 is 5.97 Å². The highest BCUT2D eigenvalue weighted by Crippen LogP contribution is 2.17. The Morgan fingerprint density at radius 3 is 1.12 bits per heavy atom. The SMILES string of the molecule is CCCCCCCCCCCCC(O)CCC(O)CCCCCCCCCCCCC(=O)O. The van der Waals surface area contributed by atoms with Crippen LogP contribution in [-0.4, -0.2) is 33.5 Å². The van der Waals surface area contributed by atoms with E-state index in [1.807, 2.05) is 0 Å². The van der Waals surface area contributed by atoms with E-state index in [1.54, 1.807) is 0 Å². The van der Waals surface area contributed by atoms with Crippen molar-refractivity contribution in [2.45, 2.75) is 180 Å². The smallest absolute Gasteiger partial charge is 0.303 e. The van der Waals surface area contributed by atoms with Gasteiger partial charge in [0.2, 0.25) is 0 Å². The van der Waals surface area contributed by atoms with E-state index >= 15 is 0 Å². The molecule has 0 heterocycles. The molecule has 0 rings (SSSR count). The second-order valence-corrected chi connectivity index (χ2v) is 10.3. The molecule has 4 nitrogen and oxygen atoms in total. The first-order valence-corrected chi connectivity index (χ1v) is 14.6. The van der Waals surface area contributed by atoms with Gasteiger partial charge in [0.25, 0.3) is 0 Å². The topological polar surface area (TPSA) is 77.8 Å². The van der Waals surface area contributed by atoms with E-state index < -0.39 is 5.97 Å². The van der Waals surface area contributed by atoms with Gasteiger partial charge in [-0.25, -0.2) is 0 Å². The fourth-order valence-electron chi connectivity index (χ4n) is 4.61. The van der Waals surface area contributed by atoms with E-state index in [0.29, 0.717) is 6.42 Å². The zero-order valence-corrected chi connectivity index (χ0v) is 22.1. The van der Waals surface area contributed by atoms with Crippen LogP contribution in [0.3, 0.4) is 0 Å². The third-order valence-electron chi connectivity index (χ3n) is 6.90. The van der Waals surface area contributed by atoms with Crippen molar-refractivity contribution >= 4 is 5.97 Å². The number of aliphatic hydroxyl groups excluding tert-OH is 2. The molecular weight excluding hydrogens is 412 g/mol. The molecule has 0 radical (unpaired) electrons. The van der Waals surface area contributed by atoms with Crippen LogP contribution < -0.4 is 0 Å². The quantitative estimate of drug-likeness (QED) is 0.105. The van der Waals surface area contributed by atoms with Gasteiger partial charge in [0, 0.05) is 6.42 Å². The van der Waals surface area contributed by atoms with Crippen molar-refractivity contribution in [2.75, 3.05) is 0 Å². The Hall–Kier alpha value is -0.610. The summed E-state index contributed by atoms with van der Waals surface area (Å²) in [5.74, 6) is -0.680. The van der Waals surface area contributed by atoms with Crippen molar-refractivity contribution in [3.05, 3.63) is 0 Å². The largest absolute Gasteiger partial charge is 0.481 e. The normalized spacial score (nSPS) is 13.3. The van der Waals surface area contributed by atoms with Crippen molar-refractivity contribution in [1.82, 2.24) is 0 Å². The molecule has 0 aromatic carbocycles. The van der Waals surface area contributed by atoms with Crippen LogP contribution in [0, 0.1) is 0 Å². The van der Waals surface area contributed by atoms with E-state index in [0.717, 1.165) is 57.8 Å². The summed E-state index contributed by atoms with van der Waals surface area (Å²) in [4.78, 5) is 10.4. The third kappa shape index (κ3) is 27.5. The summed E-state index contributed by atoms with van der Waals surface area (Å²) in [6, 6.07) is 0. The predicted octanol–water partition coefficient (Wildman–Crippen LogP) is 8.57. The molecule has 0 aliphatic carbocycles. The van der Waals surface area contributed by atoms with Crippen LogP contribution >= 0.6 is 0 Å². The molecule has 198 valence electrons. The summed E-state index contributed by atoms with van der Waals surface area (Å²) < 4.78 is 0. The number of aliphatic hydroxyl groups is 2. The first kappa shape index (κ1) is 32.4. The molecule has 0 aromatic rings. The first-order valence-electron chi connectivity index (χ1n) is 14.6. The van der Waals surface area contributed by atoms with Gasteiger partial charge in [0.05, 0.1) is 12.2 Å². The minimum atomic E-state index is -0.680. The molecule has 0 aliphatic rings. The average Bonchev–Trinajstić information content (AvgIpc) is 2.79. The molecule has 0 aliphatic heterocycles. The maximum Gasteiger partial charge on any atom is 0.303 e. The van der Waals surface area contributed by atoms with E-state index in [1.165, 1.54) is 96.3 Å². The maximum absolute atomic E-state index is 10.4. The molecule has 33 heavy (non-hydrogen) atoms. The lowest BCUT2D eigenvalue weighted by atomic mass is 9.99. The summed E-state index contributed by atoms with van der Waals surface area (Å²) in [6.07, 6.45) is 27.9. The Morgan fingerprint density at radius 2 is 0.788 bits per heavy atom. The van der Waals surface area contributed by atoms with Gasteiger partial charge in [-0.05, 0) is 32.1 Å². The Kier molecular flexibility index (Phi) is 25.5. The fraction of sp³-hybridized carbons (Fsp3) is 0.966. The van der Waals surface area contributed by atoms with E-state index in [-0.39, 0.29) is 12.2 Å². The summed E-state index contributed by atoms with van der Waals surface area (Å²) in [5, 5.41) is 28.9. The van der Waals surface area contributed by atoms with Crippen molar-refractivity contribution in [2.24, 2.45) is 0 Å². The van der Waals surface area contributed by atoms with E-state index in [4.69, 9.17) is 5.11 Å². The number of unbranched alkanes of at least 4 members (excludes halogenated alkanes) is 18. The lowest BCUT2D eigenvalue weighted by Gasteiger charge is -2.14. The van der Waals surface area contributed by atoms with Crippen molar-refractivity contribution in [3.63, 3.8) is 0 Å². The molecule has 0 saturated carbocycles. The summed E-state index contributed by atoms with van der Waals surface area (Å²) in [7, 11) is 0. The summed E-state index contributed by atoms with van der Waals surface area (Å²) in [6.45, 7) is 2.26. The fourth-order valence-corrected chi connectivity index (χ4v) is 4.61. The van der Waals surface area contributed by atoms with Crippen LogP contribution in [0.25, 0.3) is 0 Å². The Balaban J connectivity index is 3.29. The van der Waals surface area contributed by atoms with Gasteiger partial charge in [-0.2, -0.15) is 0 Å². The monoisotopic (exact) mass is 470 g/mol. The second kappa shape index (κ2) is 26.0. The molecular formula is C29H58O4. The van der Waals surface area contributed by atoms with Gasteiger partial charge in [-0.15, -0.1) is 0 Å². The number of hydrogen-bond acceptors (Lipinski definition) is 3. The second-order valence-electron chi connectivity index (χ2n) is 10.3. The van der Waals surface area contributed by atoms with E-state index in [9.17, 15) is 15.0 Å². The van der Waals surface area contributed by atoms with Crippen molar-refractivity contribution in [1.29, 1.82) is 0 Å². The van der Waals surface area contributed by atoms with Gasteiger partial charge in [-0.3, -0.25) is 4.79 Å². The lowest BCUT2D eigenvalue weighted by molar-refractivity contribution is -0.137. The molecule has 0 fully saturated rings. The van der Waals surface area contributed by atoms with Gasteiger partial charge < -0.3 is 15.3 Å². The molecule has 2 atom stereocenters.